The standard InChI is InChI=1S/C19H24N4O2S/c24-18(16-8-3-4-11-23(16)19-20-9-5-10-21-19)25-12-15-13-26-17(22-15)14-6-1-2-7-14/h5,9-10,13-14,16H,1-4,6-8,11-12H2. The number of esters is 1. The lowest BCUT2D eigenvalue weighted by molar-refractivity contribution is -0.147. The third-order valence-corrected chi connectivity index (χ3v) is 6.28. The zero-order valence-electron chi connectivity index (χ0n) is 14.8. The summed E-state index contributed by atoms with van der Waals surface area (Å²) in [6, 6.07) is 1.48. The maximum absolute atomic E-state index is 12.7. The normalized spacial score (nSPS) is 21.1. The molecule has 0 radical (unpaired) electrons. The average Bonchev–Trinajstić information content (AvgIpc) is 3.38. The lowest BCUT2D eigenvalue weighted by Gasteiger charge is -2.33. The third kappa shape index (κ3) is 3.87. The van der Waals surface area contributed by atoms with Gasteiger partial charge >= 0.3 is 5.97 Å². The minimum atomic E-state index is -0.306. The van der Waals surface area contributed by atoms with Gasteiger partial charge in [-0.1, -0.05) is 12.8 Å². The summed E-state index contributed by atoms with van der Waals surface area (Å²) in [5.74, 6) is 1.01. The molecule has 1 saturated carbocycles. The van der Waals surface area contributed by atoms with Crippen molar-refractivity contribution in [1.29, 1.82) is 0 Å². The van der Waals surface area contributed by atoms with Crippen LogP contribution < -0.4 is 4.90 Å². The van der Waals surface area contributed by atoms with Crippen molar-refractivity contribution < 1.29 is 9.53 Å². The van der Waals surface area contributed by atoms with Crippen molar-refractivity contribution in [2.45, 2.75) is 63.5 Å². The summed E-state index contributed by atoms with van der Waals surface area (Å²) in [7, 11) is 0. The second-order valence-electron chi connectivity index (χ2n) is 7.02. The maximum Gasteiger partial charge on any atom is 0.329 e. The molecule has 0 amide bonds. The molecular weight excluding hydrogens is 348 g/mol. The van der Waals surface area contributed by atoms with Crippen LogP contribution in [0.25, 0.3) is 0 Å². The Bertz CT molecular complexity index is 730. The highest BCUT2D eigenvalue weighted by Gasteiger charge is 2.31. The lowest BCUT2D eigenvalue weighted by Crippen LogP contribution is -2.46. The summed E-state index contributed by atoms with van der Waals surface area (Å²) in [5.41, 5.74) is 0.864. The first-order chi connectivity index (χ1) is 12.8. The molecule has 7 heteroatoms. The van der Waals surface area contributed by atoms with Crippen LogP contribution >= 0.6 is 11.3 Å². The van der Waals surface area contributed by atoms with Crippen LogP contribution in [0.2, 0.25) is 0 Å². The summed E-state index contributed by atoms with van der Waals surface area (Å²) in [4.78, 5) is 27.9. The molecule has 0 bridgehead atoms. The van der Waals surface area contributed by atoms with Crippen LogP contribution in [0.4, 0.5) is 5.95 Å². The number of hydrogen-bond donors (Lipinski definition) is 0. The van der Waals surface area contributed by atoms with E-state index >= 15 is 0 Å². The minimum absolute atomic E-state index is 0.201. The molecule has 1 aliphatic heterocycles. The van der Waals surface area contributed by atoms with E-state index in [1.807, 2.05) is 10.3 Å². The van der Waals surface area contributed by atoms with Crippen molar-refractivity contribution in [1.82, 2.24) is 15.0 Å². The topological polar surface area (TPSA) is 68.2 Å². The molecule has 1 unspecified atom stereocenters. The maximum atomic E-state index is 12.7. The van der Waals surface area contributed by atoms with Crippen LogP contribution in [-0.4, -0.2) is 33.5 Å². The number of carbonyl (C=O) groups is 1. The van der Waals surface area contributed by atoms with Gasteiger partial charge in [-0.3, -0.25) is 0 Å². The van der Waals surface area contributed by atoms with Gasteiger partial charge in [0, 0.05) is 30.2 Å². The van der Waals surface area contributed by atoms with Gasteiger partial charge in [-0.25, -0.2) is 19.7 Å². The Morgan fingerprint density at radius 3 is 2.73 bits per heavy atom. The summed E-state index contributed by atoms with van der Waals surface area (Å²) < 4.78 is 5.60. The zero-order chi connectivity index (χ0) is 17.8. The smallest absolute Gasteiger partial charge is 0.329 e. The number of aromatic nitrogens is 3. The lowest BCUT2D eigenvalue weighted by atomic mass is 10.0. The highest BCUT2D eigenvalue weighted by atomic mass is 32.1. The van der Waals surface area contributed by atoms with Crippen molar-refractivity contribution in [3.05, 3.63) is 34.5 Å². The Kier molecular flexibility index (Phi) is 5.43. The minimum Gasteiger partial charge on any atom is -0.458 e. The SMILES string of the molecule is O=C(OCc1csc(C2CCCC2)n1)C1CCCCN1c1ncccn1. The molecule has 3 heterocycles. The molecular formula is C19H24N4O2S. The van der Waals surface area contributed by atoms with Gasteiger partial charge in [-0.15, -0.1) is 11.3 Å². The van der Waals surface area contributed by atoms with Gasteiger partial charge in [0.15, 0.2) is 0 Å². The van der Waals surface area contributed by atoms with Gasteiger partial charge in [0.2, 0.25) is 5.95 Å². The molecule has 0 aromatic carbocycles. The number of carbonyl (C=O) groups excluding carboxylic acids is 1. The van der Waals surface area contributed by atoms with Gasteiger partial charge in [0.05, 0.1) is 10.7 Å². The molecule has 1 aliphatic carbocycles. The number of anilines is 1. The molecule has 1 atom stereocenters. The van der Waals surface area contributed by atoms with Crippen LogP contribution in [0.15, 0.2) is 23.8 Å². The fourth-order valence-corrected chi connectivity index (χ4v) is 4.82. The number of piperidine rings is 1. The van der Waals surface area contributed by atoms with Crippen LogP contribution in [0.5, 0.6) is 0 Å². The van der Waals surface area contributed by atoms with Crippen molar-refractivity contribution in [2.24, 2.45) is 0 Å². The van der Waals surface area contributed by atoms with Gasteiger partial charge in [-0.2, -0.15) is 0 Å². The molecule has 2 aromatic heterocycles. The van der Waals surface area contributed by atoms with Crippen molar-refractivity contribution in [3.63, 3.8) is 0 Å². The van der Waals surface area contributed by atoms with Crippen LogP contribution in [-0.2, 0) is 16.1 Å². The van der Waals surface area contributed by atoms with Crippen LogP contribution in [0.1, 0.15) is 61.6 Å². The van der Waals surface area contributed by atoms with E-state index in [2.05, 4.69) is 15.0 Å². The quantitative estimate of drug-likeness (QED) is 0.746. The molecule has 2 aromatic rings. The van der Waals surface area contributed by atoms with E-state index in [-0.39, 0.29) is 18.6 Å². The van der Waals surface area contributed by atoms with Gasteiger partial charge < -0.3 is 9.64 Å². The van der Waals surface area contributed by atoms with Gasteiger partial charge in [0.1, 0.15) is 12.6 Å². The second-order valence-corrected chi connectivity index (χ2v) is 7.91. The fourth-order valence-electron chi connectivity index (χ4n) is 3.85. The Morgan fingerprint density at radius 2 is 1.92 bits per heavy atom. The van der Waals surface area contributed by atoms with E-state index in [9.17, 15) is 4.79 Å². The van der Waals surface area contributed by atoms with Gasteiger partial charge in [0.25, 0.3) is 0 Å². The van der Waals surface area contributed by atoms with E-state index < -0.39 is 0 Å². The van der Waals surface area contributed by atoms with Crippen LogP contribution in [0, 0.1) is 0 Å². The second kappa shape index (κ2) is 8.12. The van der Waals surface area contributed by atoms with Crippen molar-refractivity contribution >= 4 is 23.3 Å². The number of thiazole rings is 1. The highest BCUT2D eigenvalue weighted by molar-refractivity contribution is 7.09. The van der Waals surface area contributed by atoms with E-state index in [1.54, 1.807) is 29.8 Å². The van der Waals surface area contributed by atoms with Crippen molar-refractivity contribution in [3.8, 4) is 0 Å². The molecule has 0 spiro atoms. The summed E-state index contributed by atoms with van der Waals surface area (Å²) >= 11 is 1.70. The molecule has 1 saturated heterocycles. The molecule has 6 nitrogen and oxygen atoms in total. The van der Waals surface area contributed by atoms with E-state index in [0.717, 1.165) is 31.5 Å². The predicted molar refractivity (Wildman–Crippen MR) is 100 cm³/mol. The third-order valence-electron chi connectivity index (χ3n) is 5.22. The van der Waals surface area contributed by atoms with Crippen LogP contribution in [0.3, 0.4) is 0 Å². The Hall–Kier alpha value is -2.02. The largest absolute Gasteiger partial charge is 0.458 e. The van der Waals surface area contributed by atoms with E-state index in [1.165, 1.54) is 30.7 Å². The van der Waals surface area contributed by atoms with Crippen molar-refractivity contribution in [2.75, 3.05) is 11.4 Å². The summed E-state index contributed by atoms with van der Waals surface area (Å²) in [6.07, 6.45) is 11.3. The zero-order valence-corrected chi connectivity index (χ0v) is 15.7. The fraction of sp³-hybridized carbons (Fsp3) is 0.579. The number of rotatable bonds is 5. The number of nitrogens with zero attached hydrogens (tertiary/aromatic N) is 4. The Balaban J connectivity index is 1.37. The molecule has 4 rings (SSSR count). The summed E-state index contributed by atoms with van der Waals surface area (Å²) in [6.45, 7) is 1.04. The molecule has 2 fully saturated rings. The molecule has 26 heavy (non-hydrogen) atoms. The highest BCUT2D eigenvalue weighted by Crippen LogP contribution is 2.35. The number of ether oxygens (including phenoxy) is 1. The predicted octanol–water partition coefficient (Wildman–Crippen LogP) is 3.69. The number of hydrogen-bond acceptors (Lipinski definition) is 7. The van der Waals surface area contributed by atoms with E-state index in [0.29, 0.717) is 11.9 Å². The molecule has 2 aliphatic rings. The van der Waals surface area contributed by atoms with Gasteiger partial charge in [-0.05, 0) is 38.2 Å². The Morgan fingerprint density at radius 1 is 1.15 bits per heavy atom. The monoisotopic (exact) mass is 372 g/mol. The molecule has 0 N–H and O–H groups in total. The Labute approximate surface area is 157 Å². The average molecular weight is 372 g/mol. The first-order valence-electron chi connectivity index (χ1n) is 9.46. The first-order valence-corrected chi connectivity index (χ1v) is 10.3. The molecule has 138 valence electrons. The summed E-state index contributed by atoms with van der Waals surface area (Å²) in [5, 5.41) is 3.23. The first kappa shape index (κ1) is 17.4. The van der Waals surface area contributed by atoms with E-state index in [4.69, 9.17) is 4.74 Å².